The third kappa shape index (κ3) is 4.79. The van der Waals surface area contributed by atoms with Crippen molar-refractivity contribution < 1.29 is 19.7 Å². The molecule has 0 bridgehead atoms. The molecule has 0 radical (unpaired) electrons. The van der Waals surface area contributed by atoms with E-state index >= 15 is 0 Å². The van der Waals surface area contributed by atoms with Crippen LogP contribution < -0.4 is 0 Å². The van der Waals surface area contributed by atoms with Gasteiger partial charge in [-0.05, 0) is 38.4 Å². The van der Waals surface area contributed by atoms with Crippen LogP contribution in [0, 0.1) is 0 Å². The summed E-state index contributed by atoms with van der Waals surface area (Å²) in [5.41, 5.74) is 0.807. The number of esters is 1. The van der Waals surface area contributed by atoms with E-state index < -0.39 is 5.97 Å². The number of nitrogens with zero attached hydrogens (tertiary/aromatic N) is 3. The number of aromatic hydroxyl groups is 2. The van der Waals surface area contributed by atoms with Crippen LogP contribution in [0.25, 0.3) is 0 Å². The van der Waals surface area contributed by atoms with Crippen LogP contribution in [0.1, 0.15) is 10.4 Å². The van der Waals surface area contributed by atoms with Gasteiger partial charge in [0.1, 0.15) is 29.5 Å². The number of azo groups is 1. The number of hydrogen-bond acceptors (Lipinski definition) is 7. The number of ether oxygens (including phenoxy) is 1. The molecule has 0 aliphatic rings. The maximum absolute atomic E-state index is 12.1. The number of carbonyl (C=O) groups is 1. The second kappa shape index (κ2) is 8.07. The molecule has 126 valence electrons. The molecular weight excluding hydrogens is 310 g/mol. The number of likely N-dealkylation sites (N-methyl/N-ethyl adjacent to an activating group) is 1. The lowest BCUT2D eigenvalue weighted by Crippen LogP contribution is -2.20. The van der Waals surface area contributed by atoms with Crippen LogP contribution in [-0.4, -0.2) is 48.3 Å². The Balaban J connectivity index is 2.16. The summed E-state index contributed by atoms with van der Waals surface area (Å²) < 4.78 is 5.21. The highest BCUT2D eigenvalue weighted by molar-refractivity contribution is 5.94. The molecule has 7 heteroatoms. The van der Waals surface area contributed by atoms with Gasteiger partial charge >= 0.3 is 5.97 Å². The fourth-order valence-electron chi connectivity index (χ4n) is 1.84. The zero-order valence-corrected chi connectivity index (χ0v) is 13.5. The van der Waals surface area contributed by atoms with Gasteiger partial charge in [-0.15, -0.1) is 10.2 Å². The first-order chi connectivity index (χ1) is 11.5. The molecule has 0 aliphatic heterocycles. The molecule has 2 aromatic carbocycles. The smallest absolute Gasteiger partial charge is 0.340 e. The van der Waals surface area contributed by atoms with E-state index in [2.05, 4.69) is 10.2 Å². The maximum Gasteiger partial charge on any atom is 0.340 e. The summed E-state index contributed by atoms with van der Waals surface area (Å²) in [6.45, 7) is 0.896. The molecule has 2 rings (SSSR count). The van der Waals surface area contributed by atoms with Gasteiger partial charge in [-0.1, -0.05) is 12.1 Å². The number of hydrogen-bond donors (Lipinski definition) is 2. The Hall–Kier alpha value is -2.93. The summed E-state index contributed by atoms with van der Waals surface area (Å²) in [4.78, 5) is 14.1. The third-order valence-corrected chi connectivity index (χ3v) is 3.12. The number of rotatable bonds is 6. The monoisotopic (exact) mass is 329 g/mol. The highest BCUT2D eigenvalue weighted by Crippen LogP contribution is 2.31. The Morgan fingerprint density at radius 1 is 1.08 bits per heavy atom. The molecule has 7 nitrogen and oxygen atoms in total. The van der Waals surface area contributed by atoms with E-state index in [0.717, 1.165) is 6.07 Å². The van der Waals surface area contributed by atoms with Gasteiger partial charge in [-0.25, -0.2) is 4.79 Å². The van der Waals surface area contributed by atoms with Gasteiger partial charge in [0.15, 0.2) is 0 Å². The van der Waals surface area contributed by atoms with Crippen molar-refractivity contribution in [1.82, 2.24) is 4.90 Å². The summed E-state index contributed by atoms with van der Waals surface area (Å²) in [6, 6.07) is 10.6. The summed E-state index contributed by atoms with van der Waals surface area (Å²) in [7, 11) is 3.78. The van der Waals surface area contributed by atoms with Gasteiger partial charge < -0.3 is 19.8 Å². The molecule has 0 atom stereocenters. The van der Waals surface area contributed by atoms with Gasteiger partial charge in [-0.2, -0.15) is 0 Å². The largest absolute Gasteiger partial charge is 0.508 e. The lowest BCUT2D eigenvalue weighted by Gasteiger charge is -2.10. The quantitative estimate of drug-likeness (QED) is 0.627. The average molecular weight is 329 g/mol. The van der Waals surface area contributed by atoms with Crippen LogP contribution >= 0.6 is 0 Å². The van der Waals surface area contributed by atoms with Crippen molar-refractivity contribution in [2.24, 2.45) is 10.2 Å². The van der Waals surface area contributed by atoms with Gasteiger partial charge in [0.05, 0.1) is 5.56 Å². The third-order valence-electron chi connectivity index (χ3n) is 3.12. The molecule has 0 aromatic heterocycles. The van der Waals surface area contributed by atoms with E-state index in [-0.39, 0.29) is 23.8 Å². The van der Waals surface area contributed by atoms with Gasteiger partial charge in [-0.3, -0.25) is 0 Å². The zero-order chi connectivity index (χ0) is 17.5. The minimum atomic E-state index is -0.485. The summed E-state index contributed by atoms with van der Waals surface area (Å²) in [5.74, 6) is -0.762. The van der Waals surface area contributed by atoms with Crippen molar-refractivity contribution >= 4 is 17.3 Å². The Morgan fingerprint density at radius 2 is 1.79 bits per heavy atom. The molecule has 0 fully saturated rings. The van der Waals surface area contributed by atoms with Crippen LogP contribution in [0.2, 0.25) is 0 Å². The van der Waals surface area contributed by atoms with Crippen LogP contribution in [0.4, 0.5) is 11.4 Å². The van der Waals surface area contributed by atoms with Gasteiger partial charge in [0.25, 0.3) is 0 Å². The fraction of sp³-hybridized carbons (Fsp3) is 0.235. The lowest BCUT2D eigenvalue weighted by molar-refractivity contribution is 0.0483. The Bertz CT molecular complexity index is 744. The predicted molar refractivity (Wildman–Crippen MR) is 89.2 cm³/mol. The fourth-order valence-corrected chi connectivity index (χ4v) is 1.84. The summed E-state index contributed by atoms with van der Waals surface area (Å²) >= 11 is 0. The maximum atomic E-state index is 12.1. The minimum absolute atomic E-state index is 0.0729. The zero-order valence-electron chi connectivity index (χ0n) is 13.5. The molecule has 0 unspecified atom stereocenters. The number of phenolic OH excluding ortho intramolecular Hbond substituents is 2. The standard InChI is InChI=1S/C17H19N3O4/c1-20(2)9-10-24-17(23)13-5-3-4-6-14(13)18-19-15-8-7-12(21)11-16(15)22/h3-8,11,21-22H,9-10H2,1-2H3/b19-18+. The van der Waals surface area contributed by atoms with Gasteiger partial charge in [0, 0.05) is 12.6 Å². The van der Waals surface area contributed by atoms with E-state index in [1.165, 1.54) is 12.1 Å². The summed E-state index contributed by atoms with van der Waals surface area (Å²) in [5, 5.41) is 26.9. The van der Waals surface area contributed by atoms with Crippen LogP contribution in [0.15, 0.2) is 52.7 Å². The van der Waals surface area contributed by atoms with Crippen molar-refractivity contribution in [3.8, 4) is 11.5 Å². The van der Waals surface area contributed by atoms with E-state index in [1.807, 2.05) is 19.0 Å². The molecule has 24 heavy (non-hydrogen) atoms. The first kappa shape index (κ1) is 17.4. The molecule has 0 aliphatic carbocycles. The van der Waals surface area contributed by atoms with Crippen molar-refractivity contribution in [1.29, 1.82) is 0 Å². The van der Waals surface area contributed by atoms with Crippen LogP contribution in [0.5, 0.6) is 11.5 Å². The van der Waals surface area contributed by atoms with E-state index in [0.29, 0.717) is 17.8 Å². The first-order valence-electron chi connectivity index (χ1n) is 7.32. The van der Waals surface area contributed by atoms with E-state index in [1.54, 1.807) is 24.3 Å². The molecule has 0 spiro atoms. The topological polar surface area (TPSA) is 94.7 Å². The number of carbonyl (C=O) groups excluding carboxylic acids is 1. The molecule has 0 saturated heterocycles. The molecule has 2 N–H and O–H groups in total. The van der Waals surface area contributed by atoms with Crippen molar-refractivity contribution in [2.75, 3.05) is 27.2 Å². The average Bonchev–Trinajstić information content (AvgIpc) is 2.54. The predicted octanol–water partition coefficient (Wildman–Crippen LogP) is 3.23. The highest BCUT2D eigenvalue weighted by atomic mass is 16.5. The number of benzene rings is 2. The van der Waals surface area contributed by atoms with E-state index in [9.17, 15) is 15.0 Å². The minimum Gasteiger partial charge on any atom is -0.508 e. The first-order valence-corrected chi connectivity index (χ1v) is 7.32. The van der Waals surface area contributed by atoms with Crippen molar-refractivity contribution in [2.45, 2.75) is 0 Å². The molecule has 0 amide bonds. The Kier molecular flexibility index (Phi) is 5.86. The van der Waals surface area contributed by atoms with Crippen molar-refractivity contribution in [3.05, 3.63) is 48.0 Å². The van der Waals surface area contributed by atoms with Crippen LogP contribution in [0.3, 0.4) is 0 Å². The molecular formula is C17H19N3O4. The summed E-state index contributed by atoms with van der Waals surface area (Å²) in [6.07, 6.45) is 0. The number of phenols is 2. The van der Waals surface area contributed by atoms with E-state index in [4.69, 9.17) is 4.74 Å². The molecule has 0 saturated carbocycles. The Morgan fingerprint density at radius 3 is 2.50 bits per heavy atom. The van der Waals surface area contributed by atoms with Crippen LogP contribution in [-0.2, 0) is 4.74 Å². The molecule has 0 heterocycles. The van der Waals surface area contributed by atoms with Gasteiger partial charge in [0.2, 0.25) is 0 Å². The lowest BCUT2D eigenvalue weighted by atomic mass is 10.2. The SMILES string of the molecule is CN(C)CCOC(=O)c1ccccc1/N=N/c1ccc(O)cc1O. The normalized spacial score (nSPS) is 11.1. The second-order valence-electron chi connectivity index (χ2n) is 5.33. The Labute approximate surface area is 139 Å². The molecule has 2 aromatic rings. The van der Waals surface area contributed by atoms with Crippen molar-refractivity contribution in [3.63, 3.8) is 0 Å². The highest BCUT2D eigenvalue weighted by Gasteiger charge is 2.12. The second-order valence-corrected chi connectivity index (χ2v) is 5.33.